The average molecular weight is 261 g/mol. The zero-order valence-corrected chi connectivity index (χ0v) is 11.1. The standard InChI is InChI=1S/C15H19NO3/c1-18-15(17)14(16-12-5-6-12)11-4-7-13-10(9-11)3-2-8-19-13/h4,7,9,12,14,16H,2-3,5-6,8H2,1H3. The molecule has 19 heavy (non-hydrogen) atoms. The van der Waals surface area contributed by atoms with Gasteiger partial charge in [-0.15, -0.1) is 0 Å². The minimum atomic E-state index is -0.357. The van der Waals surface area contributed by atoms with Gasteiger partial charge in [-0.05, 0) is 48.9 Å². The summed E-state index contributed by atoms with van der Waals surface area (Å²) in [5.74, 6) is 0.730. The third kappa shape index (κ3) is 2.73. The van der Waals surface area contributed by atoms with Crippen molar-refractivity contribution in [3.05, 3.63) is 29.3 Å². The van der Waals surface area contributed by atoms with Gasteiger partial charge >= 0.3 is 5.97 Å². The first kappa shape index (κ1) is 12.5. The molecule has 4 heteroatoms. The topological polar surface area (TPSA) is 47.6 Å². The van der Waals surface area contributed by atoms with E-state index in [1.165, 1.54) is 12.7 Å². The zero-order chi connectivity index (χ0) is 13.2. The van der Waals surface area contributed by atoms with Crippen LogP contribution in [0, 0.1) is 0 Å². The average Bonchev–Trinajstić information content (AvgIpc) is 3.27. The first-order chi connectivity index (χ1) is 9.28. The highest BCUT2D eigenvalue weighted by Crippen LogP contribution is 2.30. The van der Waals surface area contributed by atoms with Gasteiger partial charge in [0.1, 0.15) is 11.8 Å². The van der Waals surface area contributed by atoms with Crippen LogP contribution in [0.15, 0.2) is 18.2 Å². The van der Waals surface area contributed by atoms with Gasteiger partial charge < -0.3 is 9.47 Å². The Morgan fingerprint density at radius 2 is 2.32 bits per heavy atom. The van der Waals surface area contributed by atoms with Crippen LogP contribution in [0.2, 0.25) is 0 Å². The Labute approximate surface area is 113 Å². The number of rotatable bonds is 4. The molecule has 0 amide bonds. The van der Waals surface area contributed by atoms with E-state index in [9.17, 15) is 4.79 Å². The Morgan fingerprint density at radius 3 is 3.05 bits per heavy atom. The third-order valence-corrected chi connectivity index (χ3v) is 3.68. The fraction of sp³-hybridized carbons (Fsp3) is 0.533. The molecule has 0 spiro atoms. The number of hydrogen-bond donors (Lipinski definition) is 1. The summed E-state index contributed by atoms with van der Waals surface area (Å²) in [6.45, 7) is 0.785. The molecule has 0 bridgehead atoms. The number of hydrogen-bond acceptors (Lipinski definition) is 4. The Morgan fingerprint density at radius 1 is 1.47 bits per heavy atom. The molecular formula is C15H19NO3. The van der Waals surface area contributed by atoms with Crippen molar-refractivity contribution in [2.45, 2.75) is 37.8 Å². The highest BCUT2D eigenvalue weighted by Gasteiger charge is 2.30. The van der Waals surface area contributed by atoms with E-state index in [1.807, 2.05) is 12.1 Å². The lowest BCUT2D eigenvalue weighted by Gasteiger charge is -2.21. The fourth-order valence-corrected chi connectivity index (χ4v) is 2.46. The quantitative estimate of drug-likeness (QED) is 0.842. The van der Waals surface area contributed by atoms with Crippen molar-refractivity contribution in [1.82, 2.24) is 5.32 Å². The molecule has 1 fully saturated rings. The molecule has 1 aliphatic carbocycles. The van der Waals surface area contributed by atoms with E-state index in [0.29, 0.717) is 6.04 Å². The Balaban J connectivity index is 1.86. The maximum Gasteiger partial charge on any atom is 0.327 e. The second kappa shape index (κ2) is 5.21. The minimum Gasteiger partial charge on any atom is -0.493 e. The molecule has 0 aromatic heterocycles. The molecule has 3 rings (SSSR count). The van der Waals surface area contributed by atoms with Gasteiger partial charge in [0.15, 0.2) is 0 Å². The van der Waals surface area contributed by atoms with Gasteiger partial charge in [0.05, 0.1) is 13.7 Å². The summed E-state index contributed by atoms with van der Waals surface area (Å²) < 4.78 is 10.5. The van der Waals surface area contributed by atoms with Crippen molar-refractivity contribution in [1.29, 1.82) is 0 Å². The van der Waals surface area contributed by atoms with Gasteiger partial charge in [-0.2, -0.15) is 0 Å². The summed E-state index contributed by atoms with van der Waals surface area (Å²) in [5, 5.41) is 3.35. The number of fused-ring (bicyclic) bond motifs is 1. The highest BCUT2D eigenvalue weighted by molar-refractivity contribution is 5.77. The van der Waals surface area contributed by atoms with E-state index >= 15 is 0 Å². The number of carbonyl (C=O) groups is 1. The number of methoxy groups -OCH3 is 1. The minimum absolute atomic E-state index is 0.219. The van der Waals surface area contributed by atoms with Crippen LogP contribution >= 0.6 is 0 Å². The molecule has 1 N–H and O–H groups in total. The van der Waals surface area contributed by atoms with Crippen molar-refractivity contribution >= 4 is 5.97 Å². The van der Waals surface area contributed by atoms with Crippen LogP contribution in [-0.4, -0.2) is 25.7 Å². The van der Waals surface area contributed by atoms with Crippen LogP contribution < -0.4 is 10.1 Å². The van der Waals surface area contributed by atoms with E-state index in [0.717, 1.165) is 43.6 Å². The maximum absolute atomic E-state index is 11.9. The number of nitrogens with one attached hydrogen (secondary N) is 1. The van der Waals surface area contributed by atoms with Crippen molar-refractivity contribution in [3.8, 4) is 5.75 Å². The summed E-state index contributed by atoms with van der Waals surface area (Å²) in [6, 6.07) is 6.10. The molecule has 1 aliphatic heterocycles. The van der Waals surface area contributed by atoms with E-state index in [1.54, 1.807) is 0 Å². The molecule has 2 aliphatic rings. The fourth-order valence-electron chi connectivity index (χ4n) is 2.46. The second-order valence-corrected chi connectivity index (χ2v) is 5.22. The predicted molar refractivity (Wildman–Crippen MR) is 71.2 cm³/mol. The SMILES string of the molecule is COC(=O)C(NC1CC1)c1ccc2c(c1)CCCO2. The summed E-state index contributed by atoms with van der Waals surface area (Å²) in [4.78, 5) is 11.9. The molecule has 102 valence electrons. The van der Waals surface area contributed by atoms with Crippen molar-refractivity contribution in [2.75, 3.05) is 13.7 Å². The predicted octanol–water partition coefficient (Wildman–Crippen LogP) is 1.98. The lowest BCUT2D eigenvalue weighted by atomic mass is 9.99. The van der Waals surface area contributed by atoms with Crippen molar-refractivity contribution < 1.29 is 14.3 Å². The maximum atomic E-state index is 11.9. The molecule has 0 radical (unpaired) electrons. The van der Waals surface area contributed by atoms with Gasteiger partial charge in [-0.3, -0.25) is 5.32 Å². The van der Waals surface area contributed by atoms with E-state index in [4.69, 9.17) is 9.47 Å². The molecule has 1 aromatic rings. The van der Waals surface area contributed by atoms with Crippen LogP contribution in [-0.2, 0) is 16.0 Å². The third-order valence-electron chi connectivity index (χ3n) is 3.68. The molecular weight excluding hydrogens is 242 g/mol. The first-order valence-corrected chi connectivity index (χ1v) is 6.87. The van der Waals surface area contributed by atoms with Gasteiger partial charge in [0, 0.05) is 6.04 Å². The first-order valence-electron chi connectivity index (χ1n) is 6.87. The number of carbonyl (C=O) groups excluding carboxylic acids is 1. The Hall–Kier alpha value is -1.55. The number of aryl methyl sites for hydroxylation is 1. The molecule has 0 saturated heterocycles. The van der Waals surface area contributed by atoms with Crippen molar-refractivity contribution in [3.63, 3.8) is 0 Å². The highest BCUT2D eigenvalue weighted by atomic mass is 16.5. The van der Waals surface area contributed by atoms with Crippen molar-refractivity contribution in [2.24, 2.45) is 0 Å². The van der Waals surface area contributed by atoms with Crippen LogP contribution in [0.25, 0.3) is 0 Å². The van der Waals surface area contributed by atoms with Crippen LogP contribution in [0.5, 0.6) is 5.75 Å². The Bertz CT molecular complexity index is 482. The van der Waals surface area contributed by atoms with Gasteiger partial charge in [-0.1, -0.05) is 6.07 Å². The largest absolute Gasteiger partial charge is 0.493 e. The normalized spacial score (nSPS) is 19.2. The molecule has 1 heterocycles. The molecule has 1 saturated carbocycles. The number of benzene rings is 1. The molecule has 1 atom stereocenters. The summed E-state index contributed by atoms with van der Waals surface area (Å²) in [5.41, 5.74) is 2.17. The van der Waals surface area contributed by atoms with E-state index in [-0.39, 0.29) is 12.0 Å². The summed E-state index contributed by atoms with van der Waals surface area (Å²) >= 11 is 0. The van der Waals surface area contributed by atoms with E-state index in [2.05, 4.69) is 11.4 Å². The smallest absolute Gasteiger partial charge is 0.327 e. The second-order valence-electron chi connectivity index (χ2n) is 5.22. The van der Waals surface area contributed by atoms with E-state index < -0.39 is 0 Å². The van der Waals surface area contributed by atoms with Crippen LogP contribution in [0.4, 0.5) is 0 Å². The lowest BCUT2D eigenvalue weighted by Crippen LogP contribution is -2.31. The van der Waals surface area contributed by atoms with Gasteiger partial charge in [-0.25, -0.2) is 4.79 Å². The Kier molecular flexibility index (Phi) is 3.42. The van der Waals surface area contributed by atoms with Gasteiger partial charge in [0.25, 0.3) is 0 Å². The number of esters is 1. The molecule has 1 unspecified atom stereocenters. The van der Waals surface area contributed by atoms with Gasteiger partial charge in [0.2, 0.25) is 0 Å². The summed E-state index contributed by atoms with van der Waals surface area (Å²) in [7, 11) is 1.44. The molecule has 4 nitrogen and oxygen atoms in total. The monoisotopic (exact) mass is 261 g/mol. The lowest BCUT2D eigenvalue weighted by molar-refractivity contribution is -0.143. The van der Waals surface area contributed by atoms with Crippen LogP contribution in [0.1, 0.15) is 36.4 Å². The molecule has 1 aromatic carbocycles. The number of ether oxygens (including phenoxy) is 2. The summed E-state index contributed by atoms with van der Waals surface area (Å²) in [6.07, 6.45) is 4.33. The van der Waals surface area contributed by atoms with Crippen LogP contribution in [0.3, 0.4) is 0 Å². The zero-order valence-electron chi connectivity index (χ0n) is 11.1.